The van der Waals surface area contributed by atoms with Gasteiger partial charge in [-0.05, 0) is 49.2 Å². The summed E-state index contributed by atoms with van der Waals surface area (Å²) in [6.07, 6.45) is 6.81. The monoisotopic (exact) mass is 487 g/mol. The smallest absolute Gasteiger partial charge is 0.254 e. The fraction of sp³-hybridized carbons (Fsp3) is 0.414. The Hall–Kier alpha value is -3.45. The van der Waals surface area contributed by atoms with Crippen LogP contribution in [0.5, 0.6) is 0 Å². The molecule has 0 spiro atoms. The third kappa shape index (κ3) is 6.40. The minimum absolute atomic E-state index is 0.00761. The molecule has 2 heterocycles. The zero-order chi connectivity index (χ0) is 25.5. The average Bonchev–Trinajstić information content (AvgIpc) is 3.36. The van der Waals surface area contributed by atoms with Gasteiger partial charge >= 0.3 is 0 Å². The maximum atomic E-state index is 14.0. The van der Waals surface area contributed by atoms with Crippen LogP contribution in [-0.4, -0.2) is 64.4 Å². The lowest BCUT2D eigenvalue weighted by molar-refractivity contribution is -0.119. The SMILES string of the molecule is CC(C)CC(=O)N1CCCN(C)CCN(C(=O)c2ccccc2Cn2ccnc2)Cc2ccccc21. The molecule has 7 nitrogen and oxygen atoms in total. The lowest BCUT2D eigenvalue weighted by atomic mass is 10.0. The maximum absolute atomic E-state index is 14.0. The number of amides is 2. The van der Waals surface area contributed by atoms with Crippen molar-refractivity contribution in [2.24, 2.45) is 5.92 Å². The molecule has 0 unspecified atom stereocenters. The van der Waals surface area contributed by atoms with Gasteiger partial charge in [0.25, 0.3) is 5.91 Å². The molecule has 1 aliphatic heterocycles. The predicted molar refractivity (Wildman–Crippen MR) is 143 cm³/mol. The third-order valence-electron chi connectivity index (χ3n) is 6.65. The molecule has 0 bridgehead atoms. The van der Waals surface area contributed by atoms with Crippen molar-refractivity contribution in [1.82, 2.24) is 19.4 Å². The summed E-state index contributed by atoms with van der Waals surface area (Å²) >= 11 is 0. The first kappa shape index (κ1) is 25.6. The van der Waals surface area contributed by atoms with E-state index >= 15 is 0 Å². The second-order valence-corrected chi connectivity index (χ2v) is 10.0. The number of para-hydroxylation sites is 1. The summed E-state index contributed by atoms with van der Waals surface area (Å²) in [5, 5.41) is 0. The fourth-order valence-electron chi connectivity index (χ4n) is 4.72. The van der Waals surface area contributed by atoms with E-state index in [0.29, 0.717) is 38.2 Å². The van der Waals surface area contributed by atoms with Crippen LogP contribution < -0.4 is 4.90 Å². The van der Waals surface area contributed by atoms with Crippen molar-refractivity contribution in [3.05, 3.63) is 83.9 Å². The van der Waals surface area contributed by atoms with Crippen molar-refractivity contribution >= 4 is 17.5 Å². The third-order valence-corrected chi connectivity index (χ3v) is 6.65. The summed E-state index contributed by atoms with van der Waals surface area (Å²) in [4.78, 5) is 37.5. The van der Waals surface area contributed by atoms with Crippen molar-refractivity contribution in [2.45, 2.75) is 39.8 Å². The Morgan fingerprint density at radius 2 is 1.75 bits per heavy atom. The lowest BCUT2D eigenvalue weighted by Gasteiger charge is -2.29. The highest BCUT2D eigenvalue weighted by Gasteiger charge is 2.25. The van der Waals surface area contributed by atoms with Crippen LogP contribution in [-0.2, 0) is 17.9 Å². The van der Waals surface area contributed by atoms with Gasteiger partial charge in [-0.3, -0.25) is 9.59 Å². The van der Waals surface area contributed by atoms with Gasteiger partial charge in [-0.15, -0.1) is 0 Å². The van der Waals surface area contributed by atoms with E-state index in [4.69, 9.17) is 0 Å². The second-order valence-electron chi connectivity index (χ2n) is 10.0. The molecule has 0 atom stereocenters. The van der Waals surface area contributed by atoms with Gasteiger partial charge in [0.2, 0.25) is 5.91 Å². The maximum Gasteiger partial charge on any atom is 0.254 e. The van der Waals surface area contributed by atoms with E-state index in [9.17, 15) is 9.59 Å². The molecular weight excluding hydrogens is 450 g/mol. The van der Waals surface area contributed by atoms with E-state index in [-0.39, 0.29) is 17.7 Å². The Bertz CT molecular complexity index is 1160. The summed E-state index contributed by atoms with van der Waals surface area (Å²) in [6.45, 7) is 8.12. The summed E-state index contributed by atoms with van der Waals surface area (Å²) in [6, 6.07) is 15.8. The van der Waals surface area contributed by atoms with Gasteiger partial charge < -0.3 is 19.3 Å². The van der Waals surface area contributed by atoms with Crippen LogP contribution in [0.1, 0.15) is 48.2 Å². The zero-order valence-corrected chi connectivity index (χ0v) is 21.6. The Morgan fingerprint density at radius 3 is 2.53 bits per heavy atom. The number of carbonyl (C=O) groups is 2. The molecule has 0 N–H and O–H groups in total. The highest BCUT2D eigenvalue weighted by atomic mass is 16.2. The molecular formula is C29H37N5O2. The first-order chi connectivity index (χ1) is 17.4. The van der Waals surface area contributed by atoms with Crippen LogP contribution in [0.3, 0.4) is 0 Å². The highest BCUT2D eigenvalue weighted by Crippen LogP contribution is 2.26. The largest absolute Gasteiger partial charge is 0.333 e. The van der Waals surface area contributed by atoms with Gasteiger partial charge in [-0.25, -0.2) is 4.98 Å². The van der Waals surface area contributed by atoms with Crippen molar-refractivity contribution in [3.8, 4) is 0 Å². The minimum Gasteiger partial charge on any atom is -0.333 e. The fourth-order valence-corrected chi connectivity index (χ4v) is 4.72. The number of imidazole rings is 1. The van der Waals surface area contributed by atoms with E-state index in [2.05, 4.69) is 30.8 Å². The molecule has 190 valence electrons. The van der Waals surface area contributed by atoms with E-state index in [0.717, 1.165) is 36.3 Å². The van der Waals surface area contributed by atoms with E-state index in [1.54, 1.807) is 12.5 Å². The summed E-state index contributed by atoms with van der Waals surface area (Å²) in [7, 11) is 2.08. The molecule has 3 aromatic rings. The van der Waals surface area contributed by atoms with E-state index in [1.807, 2.05) is 69.1 Å². The number of carbonyl (C=O) groups excluding carboxylic acids is 2. The number of aromatic nitrogens is 2. The Labute approximate surface area is 214 Å². The van der Waals surface area contributed by atoms with Gasteiger partial charge in [0.1, 0.15) is 0 Å². The Balaban J connectivity index is 1.67. The number of fused-ring (bicyclic) bond motifs is 1. The van der Waals surface area contributed by atoms with Gasteiger partial charge in [-0.2, -0.15) is 0 Å². The number of nitrogens with zero attached hydrogens (tertiary/aromatic N) is 5. The Morgan fingerprint density at radius 1 is 0.972 bits per heavy atom. The predicted octanol–water partition coefficient (Wildman–Crippen LogP) is 4.29. The van der Waals surface area contributed by atoms with Crippen LogP contribution in [0.25, 0.3) is 0 Å². The van der Waals surface area contributed by atoms with Crippen LogP contribution >= 0.6 is 0 Å². The number of hydrogen-bond donors (Lipinski definition) is 0. The van der Waals surface area contributed by atoms with E-state index in [1.165, 1.54) is 0 Å². The molecule has 2 aromatic carbocycles. The molecule has 0 saturated carbocycles. The number of rotatable bonds is 5. The summed E-state index contributed by atoms with van der Waals surface area (Å²) < 4.78 is 1.97. The first-order valence-corrected chi connectivity index (χ1v) is 12.8. The molecule has 0 fully saturated rings. The van der Waals surface area contributed by atoms with Gasteiger partial charge in [-0.1, -0.05) is 50.2 Å². The molecule has 1 aliphatic rings. The Kier molecular flexibility index (Phi) is 8.54. The molecule has 4 rings (SSSR count). The van der Waals surface area contributed by atoms with Crippen LogP contribution in [0, 0.1) is 5.92 Å². The molecule has 0 radical (unpaired) electrons. The minimum atomic E-state index is 0.00761. The molecule has 1 aromatic heterocycles. The molecule has 0 saturated heterocycles. The average molecular weight is 488 g/mol. The quantitative estimate of drug-likeness (QED) is 0.539. The summed E-state index contributed by atoms with van der Waals surface area (Å²) in [5.74, 6) is 0.437. The van der Waals surface area contributed by atoms with Crippen molar-refractivity contribution in [1.29, 1.82) is 0 Å². The van der Waals surface area contributed by atoms with Crippen LogP contribution in [0.2, 0.25) is 0 Å². The van der Waals surface area contributed by atoms with Gasteiger partial charge in [0.05, 0.1) is 6.33 Å². The van der Waals surface area contributed by atoms with Crippen molar-refractivity contribution in [2.75, 3.05) is 38.1 Å². The highest BCUT2D eigenvalue weighted by molar-refractivity contribution is 5.96. The van der Waals surface area contributed by atoms with Crippen molar-refractivity contribution in [3.63, 3.8) is 0 Å². The normalized spacial score (nSPS) is 15.4. The molecule has 36 heavy (non-hydrogen) atoms. The topological polar surface area (TPSA) is 61.7 Å². The standard InChI is InChI=1S/C29H37N5O2/c1-23(2)19-28(35)34-15-8-14-31(3)17-18-33(21-25-10-5-7-12-27(25)34)29(36)26-11-6-4-9-24(26)20-32-16-13-30-22-32/h4-7,9-13,16,22-23H,8,14-15,17-21H2,1-3H3. The van der Waals surface area contributed by atoms with Crippen LogP contribution in [0.15, 0.2) is 67.3 Å². The molecule has 0 aliphatic carbocycles. The lowest BCUT2D eigenvalue weighted by Crippen LogP contribution is -2.37. The number of likely N-dealkylation sites (N-methyl/N-ethyl adjacent to an activating group) is 1. The summed E-state index contributed by atoms with van der Waals surface area (Å²) in [5.41, 5.74) is 3.58. The number of hydrogen-bond acceptors (Lipinski definition) is 4. The van der Waals surface area contributed by atoms with Crippen LogP contribution in [0.4, 0.5) is 5.69 Å². The number of anilines is 1. The molecule has 7 heteroatoms. The van der Waals surface area contributed by atoms with Gasteiger partial charge in [0.15, 0.2) is 0 Å². The van der Waals surface area contributed by atoms with Crippen molar-refractivity contribution < 1.29 is 9.59 Å². The number of benzene rings is 2. The van der Waals surface area contributed by atoms with Gasteiger partial charge in [0, 0.05) is 62.8 Å². The first-order valence-electron chi connectivity index (χ1n) is 12.8. The second kappa shape index (κ2) is 12.0. The van der Waals surface area contributed by atoms with E-state index < -0.39 is 0 Å². The molecule has 2 amide bonds. The zero-order valence-electron chi connectivity index (χ0n) is 21.6.